The van der Waals surface area contributed by atoms with E-state index in [4.69, 9.17) is 9.47 Å². The number of carbonyl (C=O) groups excluding carboxylic acids is 2. The van der Waals surface area contributed by atoms with Crippen LogP contribution in [0.3, 0.4) is 0 Å². The van der Waals surface area contributed by atoms with E-state index in [2.05, 4.69) is 0 Å². The van der Waals surface area contributed by atoms with Gasteiger partial charge in [0.15, 0.2) is 0 Å². The van der Waals surface area contributed by atoms with E-state index in [1.54, 1.807) is 16.8 Å². The molecule has 0 bridgehead atoms. The molecule has 1 atom stereocenters. The minimum atomic E-state index is -1.06. The number of nitrogens with zero attached hydrogens (tertiary/aromatic N) is 3. The molecular formula is C30H34FN3O4. The van der Waals surface area contributed by atoms with E-state index in [0.29, 0.717) is 24.4 Å². The molecule has 1 saturated heterocycles. The fourth-order valence-corrected chi connectivity index (χ4v) is 4.45. The molecule has 38 heavy (non-hydrogen) atoms. The van der Waals surface area contributed by atoms with E-state index in [9.17, 15) is 14.0 Å². The molecule has 1 aliphatic heterocycles. The van der Waals surface area contributed by atoms with Crippen LogP contribution in [0, 0.1) is 5.82 Å². The van der Waals surface area contributed by atoms with Crippen molar-refractivity contribution in [2.75, 3.05) is 52.3 Å². The first-order chi connectivity index (χ1) is 18.2. The van der Waals surface area contributed by atoms with Crippen LogP contribution in [0.25, 0.3) is 0 Å². The highest BCUT2D eigenvalue weighted by atomic mass is 19.1. The van der Waals surface area contributed by atoms with Gasteiger partial charge in [-0.1, -0.05) is 30.3 Å². The highest BCUT2D eigenvalue weighted by Crippen LogP contribution is 2.27. The van der Waals surface area contributed by atoms with E-state index in [1.807, 2.05) is 73.6 Å². The van der Waals surface area contributed by atoms with Crippen molar-refractivity contribution in [3.05, 3.63) is 95.8 Å². The molecule has 0 radical (unpaired) electrons. The first kappa shape index (κ1) is 27.1. The number of carbonyl (C=O) groups is 2. The third-order valence-corrected chi connectivity index (χ3v) is 6.64. The van der Waals surface area contributed by atoms with Crippen LogP contribution in [0.4, 0.5) is 10.1 Å². The van der Waals surface area contributed by atoms with Crippen molar-refractivity contribution in [1.29, 1.82) is 0 Å². The summed E-state index contributed by atoms with van der Waals surface area (Å²) in [7, 11) is 5.64. The Morgan fingerprint density at radius 3 is 2.32 bits per heavy atom. The average molecular weight is 520 g/mol. The Kier molecular flexibility index (Phi) is 8.63. The molecule has 0 N–H and O–H groups in total. The minimum absolute atomic E-state index is 0.0286. The summed E-state index contributed by atoms with van der Waals surface area (Å²) in [6.07, 6.45) is 0.0286. The van der Waals surface area contributed by atoms with Gasteiger partial charge in [-0.15, -0.1) is 0 Å². The van der Waals surface area contributed by atoms with Gasteiger partial charge in [0.2, 0.25) is 5.91 Å². The van der Waals surface area contributed by atoms with E-state index in [0.717, 1.165) is 11.3 Å². The Morgan fingerprint density at radius 2 is 1.66 bits per heavy atom. The SMILES string of the molecule is CN(Cc1ccccc1)C(=O)C[C@]1(COc2ccc(F)cc2)CN(C(=O)c2ccc(N(C)C)cc2)CCO1. The lowest BCUT2D eigenvalue weighted by molar-refractivity contribution is -0.152. The van der Waals surface area contributed by atoms with Crippen LogP contribution in [-0.2, 0) is 16.1 Å². The highest BCUT2D eigenvalue weighted by molar-refractivity contribution is 5.94. The number of hydrogen-bond donors (Lipinski definition) is 0. The number of anilines is 1. The molecule has 3 aromatic carbocycles. The minimum Gasteiger partial charge on any atom is -0.490 e. The van der Waals surface area contributed by atoms with E-state index < -0.39 is 5.60 Å². The molecule has 0 aliphatic carbocycles. The fourth-order valence-electron chi connectivity index (χ4n) is 4.45. The molecule has 4 rings (SSSR count). The normalized spacial score (nSPS) is 17.1. The number of amides is 2. The molecule has 0 unspecified atom stereocenters. The van der Waals surface area contributed by atoms with Crippen molar-refractivity contribution in [2.45, 2.75) is 18.6 Å². The van der Waals surface area contributed by atoms with Gasteiger partial charge in [0.05, 0.1) is 19.6 Å². The van der Waals surface area contributed by atoms with Crippen LogP contribution in [0.2, 0.25) is 0 Å². The maximum atomic E-state index is 13.4. The molecule has 7 nitrogen and oxygen atoms in total. The van der Waals surface area contributed by atoms with Gasteiger partial charge in [0, 0.05) is 45.5 Å². The zero-order chi connectivity index (χ0) is 27.1. The molecule has 0 aromatic heterocycles. The van der Waals surface area contributed by atoms with Gasteiger partial charge in [0.25, 0.3) is 5.91 Å². The Balaban J connectivity index is 1.52. The molecule has 0 saturated carbocycles. The maximum Gasteiger partial charge on any atom is 0.254 e. The van der Waals surface area contributed by atoms with Crippen molar-refractivity contribution in [3.63, 3.8) is 0 Å². The summed E-state index contributed by atoms with van der Waals surface area (Å²) in [5, 5.41) is 0. The monoisotopic (exact) mass is 519 g/mol. The number of hydrogen-bond acceptors (Lipinski definition) is 5. The van der Waals surface area contributed by atoms with E-state index >= 15 is 0 Å². The highest BCUT2D eigenvalue weighted by Gasteiger charge is 2.42. The van der Waals surface area contributed by atoms with Gasteiger partial charge >= 0.3 is 0 Å². The van der Waals surface area contributed by atoms with Gasteiger partial charge in [-0.3, -0.25) is 9.59 Å². The number of halogens is 1. The van der Waals surface area contributed by atoms with Gasteiger partial charge in [-0.25, -0.2) is 4.39 Å². The summed E-state index contributed by atoms with van der Waals surface area (Å²) in [5.74, 6) is -0.158. The standard InChI is InChI=1S/C30H34FN3O4/c1-32(2)26-13-9-24(10-14-26)29(36)34-17-18-38-30(21-34,22-37-27-15-11-25(31)12-16-27)19-28(35)33(3)20-23-7-5-4-6-8-23/h4-16H,17-22H2,1-3H3/t30-/m1/s1. The Morgan fingerprint density at radius 1 is 0.974 bits per heavy atom. The smallest absolute Gasteiger partial charge is 0.254 e. The lowest BCUT2D eigenvalue weighted by atomic mass is 9.96. The van der Waals surface area contributed by atoms with Crippen LogP contribution in [0.15, 0.2) is 78.9 Å². The second kappa shape index (κ2) is 12.1. The molecule has 1 heterocycles. The van der Waals surface area contributed by atoms with Crippen LogP contribution in [0.5, 0.6) is 5.75 Å². The molecule has 8 heteroatoms. The molecule has 2 amide bonds. The second-order valence-corrected chi connectivity index (χ2v) is 9.85. The largest absolute Gasteiger partial charge is 0.490 e. The predicted molar refractivity (Wildman–Crippen MR) is 145 cm³/mol. The predicted octanol–water partition coefficient (Wildman–Crippen LogP) is 4.23. The summed E-state index contributed by atoms with van der Waals surface area (Å²) in [6, 6.07) is 22.9. The lowest BCUT2D eigenvalue weighted by Gasteiger charge is -2.42. The van der Waals surface area contributed by atoms with Crippen molar-refractivity contribution < 1.29 is 23.5 Å². The van der Waals surface area contributed by atoms with Gasteiger partial charge in [-0.05, 0) is 54.1 Å². The number of ether oxygens (including phenoxy) is 2. The van der Waals surface area contributed by atoms with E-state index in [-0.39, 0.29) is 43.8 Å². The van der Waals surface area contributed by atoms with Gasteiger partial charge < -0.3 is 24.2 Å². The maximum absolute atomic E-state index is 13.4. The van der Waals surface area contributed by atoms with Crippen molar-refractivity contribution in [2.24, 2.45) is 0 Å². The zero-order valence-electron chi connectivity index (χ0n) is 22.1. The first-order valence-corrected chi connectivity index (χ1v) is 12.6. The summed E-state index contributed by atoms with van der Waals surface area (Å²) in [5.41, 5.74) is 1.52. The van der Waals surface area contributed by atoms with Gasteiger partial charge in [-0.2, -0.15) is 0 Å². The lowest BCUT2D eigenvalue weighted by Crippen LogP contribution is -2.58. The van der Waals surface area contributed by atoms with Crippen LogP contribution in [-0.4, -0.2) is 74.7 Å². The summed E-state index contributed by atoms with van der Waals surface area (Å²) in [6.45, 7) is 1.35. The Hall–Kier alpha value is -3.91. The zero-order valence-corrected chi connectivity index (χ0v) is 22.1. The fraction of sp³-hybridized carbons (Fsp3) is 0.333. The van der Waals surface area contributed by atoms with E-state index in [1.165, 1.54) is 24.3 Å². The Bertz CT molecular complexity index is 1220. The third-order valence-electron chi connectivity index (χ3n) is 6.64. The summed E-state index contributed by atoms with van der Waals surface area (Å²) >= 11 is 0. The molecule has 0 spiro atoms. The number of rotatable bonds is 9. The average Bonchev–Trinajstić information content (AvgIpc) is 2.93. The second-order valence-electron chi connectivity index (χ2n) is 9.85. The number of benzene rings is 3. The first-order valence-electron chi connectivity index (χ1n) is 12.6. The molecule has 3 aromatic rings. The quantitative estimate of drug-likeness (QED) is 0.424. The number of morpholine rings is 1. The molecular weight excluding hydrogens is 485 g/mol. The van der Waals surface area contributed by atoms with Crippen molar-refractivity contribution in [1.82, 2.24) is 9.80 Å². The van der Waals surface area contributed by atoms with Crippen LogP contribution < -0.4 is 9.64 Å². The summed E-state index contributed by atoms with van der Waals surface area (Å²) in [4.78, 5) is 32.1. The molecule has 1 fully saturated rings. The Labute approximate surface area is 223 Å². The third kappa shape index (κ3) is 6.89. The molecule has 200 valence electrons. The summed E-state index contributed by atoms with van der Waals surface area (Å²) < 4.78 is 25.6. The van der Waals surface area contributed by atoms with Crippen LogP contribution in [0.1, 0.15) is 22.3 Å². The topological polar surface area (TPSA) is 62.3 Å². The van der Waals surface area contributed by atoms with Gasteiger partial charge in [0.1, 0.15) is 23.8 Å². The van der Waals surface area contributed by atoms with Crippen LogP contribution >= 0.6 is 0 Å². The molecule has 1 aliphatic rings. The van der Waals surface area contributed by atoms with Crippen molar-refractivity contribution >= 4 is 17.5 Å². The van der Waals surface area contributed by atoms with Crippen molar-refractivity contribution in [3.8, 4) is 5.75 Å².